The summed E-state index contributed by atoms with van der Waals surface area (Å²) in [6, 6.07) is 12.2. The third-order valence-electron chi connectivity index (χ3n) is 5.58. The summed E-state index contributed by atoms with van der Waals surface area (Å²) >= 11 is 3.44. The molecule has 2 unspecified atom stereocenters. The van der Waals surface area contributed by atoms with Crippen LogP contribution in [0.3, 0.4) is 0 Å². The molecular weight excluding hydrogens is 336 g/mol. The third-order valence-corrected chi connectivity index (χ3v) is 7.98. The summed E-state index contributed by atoms with van der Waals surface area (Å²) in [6.07, 6.45) is 4.73. The SMILES string of the molecule is CN(C(=O)c1cc2sc3ccccc3c2s1)C1CC2CCC(C1)N2. The summed E-state index contributed by atoms with van der Waals surface area (Å²) < 4.78 is 3.81. The van der Waals surface area contributed by atoms with E-state index in [1.807, 2.05) is 11.9 Å². The lowest BCUT2D eigenvalue weighted by atomic mass is 9.98. The highest BCUT2D eigenvalue weighted by Gasteiger charge is 2.36. The van der Waals surface area contributed by atoms with Gasteiger partial charge in [0, 0.05) is 40.0 Å². The van der Waals surface area contributed by atoms with Crippen molar-refractivity contribution < 1.29 is 4.79 Å². The van der Waals surface area contributed by atoms with Crippen LogP contribution in [0.15, 0.2) is 30.3 Å². The number of amides is 1. The fraction of sp³-hybridized carbons (Fsp3) is 0.421. The van der Waals surface area contributed by atoms with Crippen LogP contribution < -0.4 is 5.32 Å². The maximum Gasteiger partial charge on any atom is 0.263 e. The number of nitrogens with one attached hydrogen (secondary N) is 1. The van der Waals surface area contributed by atoms with Gasteiger partial charge in [-0.1, -0.05) is 18.2 Å². The van der Waals surface area contributed by atoms with Crippen molar-refractivity contribution in [3.63, 3.8) is 0 Å². The predicted molar refractivity (Wildman–Crippen MR) is 102 cm³/mol. The zero-order chi connectivity index (χ0) is 16.3. The Morgan fingerprint density at radius 3 is 2.67 bits per heavy atom. The van der Waals surface area contributed by atoms with Crippen LogP contribution in [0.5, 0.6) is 0 Å². The molecule has 3 nitrogen and oxygen atoms in total. The van der Waals surface area contributed by atoms with E-state index in [1.165, 1.54) is 32.3 Å². The second kappa shape index (κ2) is 5.55. The molecule has 2 saturated heterocycles. The van der Waals surface area contributed by atoms with Crippen LogP contribution in [0.1, 0.15) is 35.4 Å². The fourth-order valence-electron chi connectivity index (χ4n) is 4.29. The first-order chi connectivity index (χ1) is 11.7. The Labute approximate surface area is 149 Å². The van der Waals surface area contributed by atoms with E-state index >= 15 is 0 Å². The van der Waals surface area contributed by atoms with Crippen molar-refractivity contribution in [3.05, 3.63) is 35.2 Å². The van der Waals surface area contributed by atoms with Crippen molar-refractivity contribution in [2.75, 3.05) is 7.05 Å². The highest BCUT2D eigenvalue weighted by Crippen LogP contribution is 2.40. The summed E-state index contributed by atoms with van der Waals surface area (Å²) in [7, 11) is 1.99. The van der Waals surface area contributed by atoms with Crippen molar-refractivity contribution in [3.8, 4) is 0 Å². The molecule has 0 aliphatic carbocycles. The number of carbonyl (C=O) groups is 1. The summed E-state index contributed by atoms with van der Waals surface area (Å²) in [6.45, 7) is 0. The first-order valence-electron chi connectivity index (χ1n) is 8.63. The van der Waals surface area contributed by atoms with Gasteiger partial charge in [-0.3, -0.25) is 4.79 Å². The minimum absolute atomic E-state index is 0.193. The molecule has 0 saturated carbocycles. The smallest absolute Gasteiger partial charge is 0.263 e. The van der Waals surface area contributed by atoms with Gasteiger partial charge in [0.2, 0.25) is 0 Å². The van der Waals surface area contributed by atoms with Crippen molar-refractivity contribution in [2.24, 2.45) is 0 Å². The normalized spacial score (nSPS) is 26.3. The van der Waals surface area contributed by atoms with Gasteiger partial charge in [-0.05, 0) is 37.8 Å². The molecule has 5 heteroatoms. The van der Waals surface area contributed by atoms with E-state index in [4.69, 9.17) is 0 Å². The largest absolute Gasteiger partial charge is 0.338 e. The van der Waals surface area contributed by atoms with Gasteiger partial charge in [0.15, 0.2) is 0 Å². The van der Waals surface area contributed by atoms with Gasteiger partial charge in [-0.25, -0.2) is 0 Å². The van der Waals surface area contributed by atoms with Gasteiger partial charge < -0.3 is 10.2 Å². The van der Waals surface area contributed by atoms with Crippen LogP contribution in [0, 0.1) is 0 Å². The average Bonchev–Trinajstić information content (AvgIpc) is 3.25. The number of rotatable bonds is 2. The molecule has 2 bridgehead atoms. The van der Waals surface area contributed by atoms with Crippen molar-refractivity contribution >= 4 is 48.1 Å². The zero-order valence-corrected chi connectivity index (χ0v) is 15.3. The second-order valence-electron chi connectivity index (χ2n) is 7.08. The second-order valence-corrected chi connectivity index (χ2v) is 9.22. The Balaban J connectivity index is 1.44. The maximum atomic E-state index is 13.0. The monoisotopic (exact) mass is 356 g/mol. The number of fused-ring (bicyclic) bond motifs is 5. The van der Waals surface area contributed by atoms with E-state index in [2.05, 4.69) is 35.6 Å². The molecule has 2 aliphatic rings. The van der Waals surface area contributed by atoms with Gasteiger partial charge in [-0.15, -0.1) is 22.7 Å². The molecule has 3 aromatic rings. The van der Waals surface area contributed by atoms with Crippen LogP contribution in [0.4, 0.5) is 0 Å². The number of piperidine rings is 1. The number of hydrogen-bond donors (Lipinski definition) is 1. The Hall–Kier alpha value is -1.43. The maximum absolute atomic E-state index is 13.0. The molecule has 2 fully saturated rings. The minimum Gasteiger partial charge on any atom is -0.338 e. The van der Waals surface area contributed by atoms with E-state index in [0.717, 1.165) is 17.7 Å². The molecule has 1 N–H and O–H groups in total. The first-order valence-corrected chi connectivity index (χ1v) is 10.3. The van der Waals surface area contributed by atoms with Gasteiger partial charge in [0.25, 0.3) is 5.91 Å². The lowest BCUT2D eigenvalue weighted by Crippen LogP contribution is -2.48. The first kappa shape index (κ1) is 14.9. The number of thiophene rings is 2. The minimum atomic E-state index is 0.193. The van der Waals surface area contributed by atoms with Crippen LogP contribution in [-0.4, -0.2) is 36.0 Å². The quantitative estimate of drug-likeness (QED) is 0.735. The topological polar surface area (TPSA) is 32.3 Å². The standard InChI is InChI=1S/C19H20N2OS2/c1-21(13-8-11-6-7-12(9-13)20-11)19(22)17-10-16-18(24-17)14-4-2-3-5-15(14)23-16/h2-5,10-13,20H,6-9H2,1H3. The molecule has 4 heterocycles. The van der Waals surface area contributed by atoms with Gasteiger partial charge in [0.05, 0.1) is 9.58 Å². The van der Waals surface area contributed by atoms with Crippen LogP contribution in [-0.2, 0) is 0 Å². The van der Waals surface area contributed by atoms with E-state index in [1.54, 1.807) is 22.7 Å². The van der Waals surface area contributed by atoms with Gasteiger partial charge >= 0.3 is 0 Å². The Morgan fingerprint density at radius 1 is 1.12 bits per heavy atom. The third kappa shape index (κ3) is 2.30. The van der Waals surface area contributed by atoms with Gasteiger partial charge in [0.1, 0.15) is 0 Å². The molecule has 0 spiro atoms. The van der Waals surface area contributed by atoms with Crippen LogP contribution in [0.2, 0.25) is 0 Å². The Kier molecular flexibility index (Phi) is 3.44. The summed E-state index contributed by atoms with van der Waals surface area (Å²) in [5.41, 5.74) is 0. The molecule has 24 heavy (non-hydrogen) atoms. The average molecular weight is 357 g/mol. The van der Waals surface area contributed by atoms with Crippen molar-refractivity contribution in [1.29, 1.82) is 0 Å². The molecule has 5 rings (SSSR count). The molecule has 0 radical (unpaired) electrons. The lowest BCUT2D eigenvalue weighted by molar-refractivity contribution is 0.0686. The van der Waals surface area contributed by atoms with E-state index < -0.39 is 0 Å². The zero-order valence-electron chi connectivity index (χ0n) is 13.6. The predicted octanol–water partition coefficient (Wildman–Crippen LogP) is 4.47. The Bertz CT molecular complexity index is 916. The number of nitrogens with zero attached hydrogens (tertiary/aromatic N) is 1. The molecule has 2 aliphatic heterocycles. The number of hydrogen-bond acceptors (Lipinski definition) is 4. The molecular formula is C19H20N2OS2. The number of carbonyl (C=O) groups excluding carboxylic acids is 1. The molecule has 2 atom stereocenters. The van der Waals surface area contributed by atoms with E-state index in [-0.39, 0.29) is 5.91 Å². The van der Waals surface area contributed by atoms with Crippen LogP contribution in [0.25, 0.3) is 19.5 Å². The van der Waals surface area contributed by atoms with Crippen LogP contribution >= 0.6 is 22.7 Å². The summed E-state index contributed by atoms with van der Waals surface area (Å²) in [5.74, 6) is 0.193. The molecule has 1 aromatic carbocycles. The van der Waals surface area contributed by atoms with Gasteiger partial charge in [-0.2, -0.15) is 0 Å². The highest BCUT2D eigenvalue weighted by atomic mass is 32.1. The molecule has 124 valence electrons. The summed E-state index contributed by atoms with van der Waals surface area (Å²) in [4.78, 5) is 15.9. The fourth-order valence-corrected chi connectivity index (χ4v) is 6.80. The molecule has 2 aromatic heterocycles. The van der Waals surface area contributed by atoms with E-state index in [0.29, 0.717) is 18.1 Å². The Morgan fingerprint density at radius 2 is 1.88 bits per heavy atom. The highest BCUT2D eigenvalue weighted by molar-refractivity contribution is 7.33. The van der Waals surface area contributed by atoms with Crippen molar-refractivity contribution in [1.82, 2.24) is 10.2 Å². The van der Waals surface area contributed by atoms with Crippen molar-refractivity contribution in [2.45, 2.75) is 43.8 Å². The number of benzene rings is 1. The molecule has 1 amide bonds. The summed E-state index contributed by atoms with van der Waals surface area (Å²) in [5, 5.41) is 4.94. The van der Waals surface area contributed by atoms with E-state index in [9.17, 15) is 4.79 Å². The lowest BCUT2D eigenvalue weighted by Gasteiger charge is -2.35.